The van der Waals surface area contributed by atoms with Crippen LogP contribution in [-0.4, -0.2) is 28.7 Å². The number of rotatable bonds is 6. The van der Waals surface area contributed by atoms with E-state index in [2.05, 4.69) is 10.3 Å². The van der Waals surface area contributed by atoms with Crippen LogP contribution in [0.5, 0.6) is 5.75 Å². The largest absolute Gasteiger partial charge is 0.495 e. The van der Waals surface area contributed by atoms with Crippen LogP contribution in [0.25, 0.3) is 11.1 Å². The smallest absolute Gasteiger partial charge is 0.271 e. The number of nitrogens with zero attached hydrogens (tertiary/aromatic N) is 2. The number of carbonyl (C=O) groups excluding carboxylic acids is 1. The van der Waals surface area contributed by atoms with E-state index in [0.717, 1.165) is 11.8 Å². The lowest BCUT2D eigenvalue weighted by molar-refractivity contribution is -0.384. The van der Waals surface area contributed by atoms with E-state index in [1.54, 1.807) is 18.2 Å². The minimum atomic E-state index is -0.548. The number of methoxy groups -OCH3 is 1. The molecule has 1 N–H and O–H groups in total. The number of oxazole rings is 1. The van der Waals surface area contributed by atoms with Crippen LogP contribution in [-0.2, 0) is 4.79 Å². The summed E-state index contributed by atoms with van der Waals surface area (Å²) in [5.74, 6) is -0.0496. The fourth-order valence-corrected chi connectivity index (χ4v) is 2.97. The molecule has 1 aromatic heterocycles. The molecule has 3 aromatic rings. The van der Waals surface area contributed by atoms with E-state index in [-0.39, 0.29) is 23.0 Å². The van der Waals surface area contributed by atoms with E-state index in [1.807, 2.05) is 0 Å². The van der Waals surface area contributed by atoms with E-state index in [1.165, 1.54) is 25.3 Å². The van der Waals surface area contributed by atoms with Crippen molar-refractivity contribution in [2.24, 2.45) is 0 Å². The maximum Gasteiger partial charge on any atom is 0.271 e. The van der Waals surface area contributed by atoms with Crippen LogP contribution in [0, 0.1) is 10.1 Å². The van der Waals surface area contributed by atoms with Gasteiger partial charge in [-0.1, -0.05) is 23.4 Å². The number of anilines is 1. The molecule has 0 saturated carbocycles. The second-order valence-corrected chi connectivity index (χ2v) is 6.43. The predicted octanol–water partition coefficient (Wildman–Crippen LogP) is 4.13. The molecule has 26 heavy (non-hydrogen) atoms. The van der Waals surface area contributed by atoms with Gasteiger partial charge >= 0.3 is 0 Å². The van der Waals surface area contributed by atoms with Crippen molar-refractivity contribution in [2.45, 2.75) is 5.22 Å². The zero-order chi connectivity index (χ0) is 18.7. The van der Waals surface area contributed by atoms with Gasteiger partial charge in [0.25, 0.3) is 10.9 Å². The maximum atomic E-state index is 12.2. The Balaban J connectivity index is 1.68. The second-order valence-electron chi connectivity index (χ2n) is 5.07. The summed E-state index contributed by atoms with van der Waals surface area (Å²) in [5.41, 5.74) is 1.24. The molecule has 10 heteroatoms. The molecule has 1 heterocycles. The average Bonchev–Trinajstić information content (AvgIpc) is 3.01. The normalized spacial score (nSPS) is 10.7. The SMILES string of the molecule is COc1ccc([N+](=O)[O-])cc1NC(=O)CSc1nc2cc(Cl)ccc2o1. The van der Waals surface area contributed by atoms with Crippen molar-refractivity contribution < 1.29 is 18.9 Å². The number of amides is 1. The van der Waals surface area contributed by atoms with E-state index in [4.69, 9.17) is 20.8 Å². The van der Waals surface area contributed by atoms with Crippen molar-refractivity contribution in [1.82, 2.24) is 4.98 Å². The predicted molar refractivity (Wildman–Crippen MR) is 98.0 cm³/mol. The summed E-state index contributed by atoms with van der Waals surface area (Å²) in [4.78, 5) is 26.7. The highest BCUT2D eigenvalue weighted by Gasteiger charge is 2.15. The molecule has 134 valence electrons. The van der Waals surface area contributed by atoms with E-state index in [0.29, 0.717) is 27.1 Å². The number of thioether (sulfide) groups is 1. The minimum absolute atomic E-state index is 0.00635. The van der Waals surface area contributed by atoms with Gasteiger partial charge < -0.3 is 14.5 Å². The van der Waals surface area contributed by atoms with Gasteiger partial charge in [0.1, 0.15) is 11.3 Å². The molecular weight excluding hydrogens is 382 g/mol. The first-order valence-corrected chi connectivity index (χ1v) is 8.64. The van der Waals surface area contributed by atoms with Gasteiger partial charge in [-0.05, 0) is 24.3 Å². The topological polar surface area (TPSA) is 108 Å². The molecule has 8 nitrogen and oxygen atoms in total. The van der Waals surface area contributed by atoms with Gasteiger partial charge in [-0.25, -0.2) is 4.98 Å². The quantitative estimate of drug-likeness (QED) is 0.381. The number of non-ortho nitro benzene ring substituents is 1. The molecule has 3 rings (SSSR count). The fourth-order valence-electron chi connectivity index (χ4n) is 2.16. The summed E-state index contributed by atoms with van der Waals surface area (Å²) in [5, 5.41) is 14.3. The van der Waals surface area contributed by atoms with Gasteiger partial charge in [0.15, 0.2) is 5.58 Å². The van der Waals surface area contributed by atoms with Crippen LogP contribution in [0.15, 0.2) is 46.0 Å². The standard InChI is InChI=1S/C16H12ClN3O5S/c1-24-13-5-3-10(20(22)23)7-12(13)18-15(21)8-26-16-19-11-6-9(17)2-4-14(11)25-16/h2-7H,8H2,1H3,(H,18,21). The number of aromatic nitrogens is 1. The van der Waals surface area contributed by atoms with E-state index in [9.17, 15) is 14.9 Å². The molecule has 0 spiro atoms. The van der Waals surface area contributed by atoms with Crippen molar-refractivity contribution in [3.8, 4) is 5.75 Å². The lowest BCUT2D eigenvalue weighted by Crippen LogP contribution is -2.14. The van der Waals surface area contributed by atoms with Crippen molar-refractivity contribution in [3.63, 3.8) is 0 Å². The molecule has 0 radical (unpaired) electrons. The van der Waals surface area contributed by atoms with Gasteiger partial charge in [0, 0.05) is 17.2 Å². The zero-order valence-corrected chi connectivity index (χ0v) is 15.0. The number of halogens is 1. The third kappa shape index (κ3) is 4.06. The van der Waals surface area contributed by atoms with Crippen LogP contribution in [0.1, 0.15) is 0 Å². The molecule has 0 aliphatic rings. The van der Waals surface area contributed by atoms with E-state index < -0.39 is 4.92 Å². The third-order valence-electron chi connectivity index (χ3n) is 3.32. The minimum Gasteiger partial charge on any atom is -0.495 e. The molecular formula is C16H12ClN3O5S. The molecule has 0 unspecified atom stereocenters. The monoisotopic (exact) mass is 393 g/mol. The molecule has 0 atom stereocenters. The number of hydrogen-bond donors (Lipinski definition) is 1. The Morgan fingerprint density at radius 1 is 1.38 bits per heavy atom. The molecule has 0 saturated heterocycles. The highest BCUT2D eigenvalue weighted by atomic mass is 35.5. The first-order valence-electron chi connectivity index (χ1n) is 7.27. The number of nitro groups is 1. The van der Waals surface area contributed by atoms with Crippen molar-refractivity contribution >= 4 is 51.7 Å². The Labute approximate surface area is 156 Å². The van der Waals surface area contributed by atoms with E-state index >= 15 is 0 Å². The second kappa shape index (κ2) is 7.63. The molecule has 2 aromatic carbocycles. The molecule has 1 amide bonds. The average molecular weight is 394 g/mol. The van der Waals surface area contributed by atoms with Gasteiger partial charge in [-0.15, -0.1) is 0 Å². The Bertz CT molecular complexity index is 991. The van der Waals surface area contributed by atoms with Crippen molar-refractivity contribution in [1.29, 1.82) is 0 Å². The summed E-state index contributed by atoms with van der Waals surface area (Å²) in [7, 11) is 1.41. The van der Waals surface area contributed by atoms with Crippen molar-refractivity contribution in [3.05, 3.63) is 51.5 Å². The number of hydrogen-bond acceptors (Lipinski definition) is 7. The number of ether oxygens (including phenoxy) is 1. The number of benzene rings is 2. The van der Waals surface area contributed by atoms with Gasteiger partial charge in [0.05, 0.1) is 23.5 Å². The number of fused-ring (bicyclic) bond motifs is 1. The zero-order valence-electron chi connectivity index (χ0n) is 13.4. The summed E-state index contributed by atoms with van der Waals surface area (Å²) in [6.45, 7) is 0. The molecule has 0 bridgehead atoms. The highest BCUT2D eigenvalue weighted by Crippen LogP contribution is 2.30. The third-order valence-corrected chi connectivity index (χ3v) is 4.39. The lowest BCUT2D eigenvalue weighted by atomic mass is 10.2. The summed E-state index contributed by atoms with van der Waals surface area (Å²) in [6, 6.07) is 9.01. The fraction of sp³-hybridized carbons (Fsp3) is 0.125. The Hall–Kier alpha value is -2.78. The Morgan fingerprint density at radius 3 is 2.92 bits per heavy atom. The van der Waals surface area contributed by atoms with Crippen LogP contribution < -0.4 is 10.1 Å². The Morgan fingerprint density at radius 2 is 2.19 bits per heavy atom. The first kappa shape index (κ1) is 18.0. The van der Waals surface area contributed by atoms with Crippen LogP contribution in [0.3, 0.4) is 0 Å². The van der Waals surface area contributed by atoms with Crippen LogP contribution in [0.2, 0.25) is 5.02 Å². The van der Waals surface area contributed by atoms with Crippen molar-refractivity contribution in [2.75, 3.05) is 18.2 Å². The van der Waals surface area contributed by atoms with Gasteiger partial charge in [0.2, 0.25) is 5.91 Å². The van der Waals surface area contributed by atoms with Crippen LogP contribution in [0.4, 0.5) is 11.4 Å². The maximum absolute atomic E-state index is 12.2. The molecule has 0 fully saturated rings. The lowest BCUT2D eigenvalue weighted by Gasteiger charge is -2.09. The summed E-state index contributed by atoms with van der Waals surface area (Å²) in [6.07, 6.45) is 0. The number of carbonyl (C=O) groups is 1. The summed E-state index contributed by atoms with van der Waals surface area (Å²) >= 11 is 6.99. The molecule has 0 aliphatic heterocycles. The Kier molecular flexibility index (Phi) is 5.29. The van der Waals surface area contributed by atoms with Crippen LogP contribution >= 0.6 is 23.4 Å². The van der Waals surface area contributed by atoms with Gasteiger partial charge in [-0.2, -0.15) is 0 Å². The number of nitro benzene ring substituents is 1. The van der Waals surface area contributed by atoms with Gasteiger partial charge in [-0.3, -0.25) is 14.9 Å². The summed E-state index contributed by atoms with van der Waals surface area (Å²) < 4.78 is 10.6. The highest BCUT2D eigenvalue weighted by molar-refractivity contribution is 7.99. The molecule has 0 aliphatic carbocycles. The first-order chi connectivity index (χ1) is 12.5. The number of nitrogens with one attached hydrogen (secondary N) is 1.